The number of carbonyl (C=O) groups is 1. The van der Waals surface area contributed by atoms with E-state index in [1.165, 1.54) is 0 Å². The molecule has 0 fully saturated rings. The number of anilines is 2. The summed E-state index contributed by atoms with van der Waals surface area (Å²) in [4.78, 5) is 13.9. The van der Waals surface area contributed by atoms with Gasteiger partial charge in [-0.25, -0.2) is 0 Å². The molecular formula is C14H16N2O. The van der Waals surface area contributed by atoms with Crippen molar-refractivity contribution < 1.29 is 4.79 Å². The van der Waals surface area contributed by atoms with Gasteiger partial charge in [-0.15, -0.1) is 12.3 Å². The smallest absolute Gasteiger partial charge is 0.228 e. The average molecular weight is 228 g/mol. The van der Waals surface area contributed by atoms with Gasteiger partial charge in [0.2, 0.25) is 5.91 Å². The fraction of sp³-hybridized carbons (Fsp3) is 0.357. The minimum absolute atomic E-state index is 0.110. The Balaban J connectivity index is 2.23. The lowest BCUT2D eigenvalue weighted by Gasteiger charge is -2.22. The maximum Gasteiger partial charge on any atom is 0.228 e. The normalized spacial score (nSPS) is 14.2. The van der Waals surface area contributed by atoms with E-state index in [2.05, 4.69) is 11.2 Å². The molecule has 17 heavy (non-hydrogen) atoms. The number of terminal acetylenes is 1. The van der Waals surface area contributed by atoms with E-state index in [0.717, 1.165) is 30.9 Å². The van der Waals surface area contributed by atoms with E-state index in [1.54, 1.807) is 0 Å². The molecule has 0 aromatic heterocycles. The fourth-order valence-electron chi connectivity index (χ4n) is 2.01. The van der Waals surface area contributed by atoms with E-state index in [9.17, 15) is 4.79 Å². The Morgan fingerprint density at radius 3 is 3.12 bits per heavy atom. The van der Waals surface area contributed by atoms with Gasteiger partial charge in [0.1, 0.15) is 0 Å². The maximum atomic E-state index is 12.1. The molecule has 3 nitrogen and oxygen atoms in total. The predicted molar refractivity (Wildman–Crippen MR) is 70.0 cm³/mol. The summed E-state index contributed by atoms with van der Waals surface area (Å²) >= 11 is 0. The summed E-state index contributed by atoms with van der Waals surface area (Å²) in [5, 5.41) is 3.33. The largest absolute Gasteiger partial charge is 0.383 e. The van der Waals surface area contributed by atoms with Gasteiger partial charge >= 0.3 is 0 Å². The summed E-state index contributed by atoms with van der Waals surface area (Å²) in [6.07, 6.45) is 7.08. The molecule has 0 aliphatic carbocycles. The highest BCUT2D eigenvalue weighted by Crippen LogP contribution is 2.28. The Labute approximate surface area is 102 Å². The molecule has 0 atom stereocenters. The van der Waals surface area contributed by atoms with Crippen molar-refractivity contribution in [2.75, 3.05) is 23.3 Å². The number of nitrogens with zero attached hydrogens (tertiary/aromatic N) is 1. The first-order valence-electron chi connectivity index (χ1n) is 5.89. The molecule has 88 valence electrons. The van der Waals surface area contributed by atoms with Crippen LogP contribution in [-0.4, -0.2) is 19.0 Å². The minimum atomic E-state index is 0.110. The fourth-order valence-corrected chi connectivity index (χ4v) is 2.01. The molecule has 1 aliphatic heterocycles. The number of benzene rings is 1. The number of hydrogen-bond acceptors (Lipinski definition) is 2. The third kappa shape index (κ3) is 2.59. The highest BCUT2D eigenvalue weighted by atomic mass is 16.2. The molecule has 2 rings (SSSR count). The van der Waals surface area contributed by atoms with Gasteiger partial charge in [0.05, 0.1) is 11.4 Å². The van der Waals surface area contributed by atoms with Crippen LogP contribution in [0.3, 0.4) is 0 Å². The van der Waals surface area contributed by atoms with Crippen LogP contribution in [-0.2, 0) is 4.79 Å². The standard InChI is InChI=1S/C14H16N2O/c1-2-3-9-14(17)16-11-6-10-15-12-7-4-5-8-13(12)16/h1,4-5,7-8,15H,3,6,9-11H2. The molecule has 1 aliphatic rings. The van der Waals surface area contributed by atoms with Crippen LogP contribution in [0.2, 0.25) is 0 Å². The monoisotopic (exact) mass is 228 g/mol. The summed E-state index contributed by atoms with van der Waals surface area (Å²) in [7, 11) is 0. The number of para-hydroxylation sites is 2. The zero-order chi connectivity index (χ0) is 12.1. The van der Waals surface area contributed by atoms with Gasteiger partial charge < -0.3 is 10.2 Å². The molecule has 0 saturated carbocycles. The van der Waals surface area contributed by atoms with Crippen LogP contribution in [0.1, 0.15) is 19.3 Å². The van der Waals surface area contributed by atoms with Gasteiger partial charge in [0.25, 0.3) is 0 Å². The second kappa shape index (κ2) is 5.40. The van der Waals surface area contributed by atoms with Crippen LogP contribution >= 0.6 is 0 Å². The molecule has 0 saturated heterocycles. The van der Waals surface area contributed by atoms with Gasteiger partial charge in [0.15, 0.2) is 0 Å². The van der Waals surface area contributed by atoms with Gasteiger partial charge in [0, 0.05) is 25.9 Å². The molecular weight excluding hydrogens is 212 g/mol. The third-order valence-corrected chi connectivity index (χ3v) is 2.85. The predicted octanol–water partition coefficient (Wildman–Crippen LogP) is 2.25. The zero-order valence-electron chi connectivity index (χ0n) is 9.78. The number of hydrogen-bond donors (Lipinski definition) is 1. The average Bonchev–Trinajstić information content (AvgIpc) is 2.58. The van der Waals surface area contributed by atoms with E-state index in [-0.39, 0.29) is 5.91 Å². The molecule has 3 heteroatoms. The Bertz CT molecular complexity index is 448. The van der Waals surface area contributed by atoms with E-state index in [0.29, 0.717) is 12.8 Å². The molecule has 1 N–H and O–H groups in total. The summed E-state index contributed by atoms with van der Waals surface area (Å²) in [5.41, 5.74) is 1.99. The molecule has 0 spiro atoms. The molecule has 1 amide bonds. The number of amides is 1. The van der Waals surface area contributed by atoms with E-state index < -0.39 is 0 Å². The van der Waals surface area contributed by atoms with Crippen LogP contribution in [0.5, 0.6) is 0 Å². The van der Waals surface area contributed by atoms with Gasteiger partial charge in [-0.05, 0) is 18.6 Å². The summed E-state index contributed by atoms with van der Waals surface area (Å²) in [6.45, 7) is 1.66. The van der Waals surface area contributed by atoms with E-state index in [4.69, 9.17) is 6.42 Å². The molecule has 0 radical (unpaired) electrons. The van der Waals surface area contributed by atoms with Crippen molar-refractivity contribution in [3.8, 4) is 12.3 Å². The Morgan fingerprint density at radius 2 is 2.29 bits per heavy atom. The highest BCUT2D eigenvalue weighted by molar-refractivity contribution is 5.97. The first-order chi connectivity index (χ1) is 8.33. The Kier molecular flexibility index (Phi) is 3.66. The Hall–Kier alpha value is -1.95. The van der Waals surface area contributed by atoms with Crippen molar-refractivity contribution in [1.82, 2.24) is 0 Å². The molecule has 1 heterocycles. The lowest BCUT2D eigenvalue weighted by Crippen LogP contribution is -2.31. The SMILES string of the molecule is C#CCCC(=O)N1CCCNc2ccccc21. The lowest BCUT2D eigenvalue weighted by atomic mass is 10.2. The van der Waals surface area contributed by atoms with Gasteiger partial charge in [-0.3, -0.25) is 4.79 Å². The van der Waals surface area contributed by atoms with Crippen LogP contribution in [0.15, 0.2) is 24.3 Å². The maximum absolute atomic E-state index is 12.1. The first-order valence-corrected chi connectivity index (χ1v) is 5.89. The van der Waals surface area contributed by atoms with Crippen LogP contribution in [0, 0.1) is 12.3 Å². The summed E-state index contributed by atoms with van der Waals surface area (Å²) in [5.74, 6) is 2.62. The number of rotatable bonds is 2. The topological polar surface area (TPSA) is 32.3 Å². The van der Waals surface area contributed by atoms with Crippen molar-refractivity contribution in [2.45, 2.75) is 19.3 Å². The molecule has 0 unspecified atom stereocenters. The Morgan fingerprint density at radius 1 is 1.47 bits per heavy atom. The summed E-state index contributed by atoms with van der Waals surface area (Å²) in [6, 6.07) is 7.90. The number of fused-ring (bicyclic) bond motifs is 1. The van der Waals surface area contributed by atoms with Gasteiger partial charge in [-0.1, -0.05) is 12.1 Å². The minimum Gasteiger partial charge on any atom is -0.383 e. The quantitative estimate of drug-likeness (QED) is 0.787. The van der Waals surface area contributed by atoms with Crippen LogP contribution < -0.4 is 10.2 Å². The lowest BCUT2D eigenvalue weighted by molar-refractivity contribution is -0.118. The summed E-state index contributed by atoms with van der Waals surface area (Å²) < 4.78 is 0. The first kappa shape index (κ1) is 11.5. The van der Waals surface area contributed by atoms with Crippen molar-refractivity contribution >= 4 is 17.3 Å². The van der Waals surface area contributed by atoms with Crippen molar-refractivity contribution in [3.05, 3.63) is 24.3 Å². The zero-order valence-corrected chi connectivity index (χ0v) is 9.78. The third-order valence-electron chi connectivity index (χ3n) is 2.85. The van der Waals surface area contributed by atoms with Crippen molar-refractivity contribution in [1.29, 1.82) is 0 Å². The van der Waals surface area contributed by atoms with Crippen molar-refractivity contribution in [2.24, 2.45) is 0 Å². The number of nitrogens with one attached hydrogen (secondary N) is 1. The molecule has 0 bridgehead atoms. The van der Waals surface area contributed by atoms with E-state index >= 15 is 0 Å². The molecule has 1 aromatic carbocycles. The second-order valence-electron chi connectivity index (χ2n) is 4.05. The van der Waals surface area contributed by atoms with E-state index in [1.807, 2.05) is 29.2 Å². The second-order valence-corrected chi connectivity index (χ2v) is 4.05. The highest BCUT2D eigenvalue weighted by Gasteiger charge is 2.19. The van der Waals surface area contributed by atoms with Crippen molar-refractivity contribution in [3.63, 3.8) is 0 Å². The van der Waals surface area contributed by atoms with Gasteiger partial charge in [-0.2, -0.15) is 0 Å². The molecule has 1 aromatic rings. The number of carbonyl (C=O) groups excluding carboxylic acids is 1. The van der Waals surface area contributed by atoms with Crippen LogP contribution in [0.4, 0.5) is 11.4 Å². The van der Waals surface area contributed by atoms with Crippen LogP contribution in [0.25, 0.3) is 0 Å².